The smallest absolute Gasteiger partial charge is 0.309 e. The first-order chi connectivity index (χ1) is 9.49. The number of hydrogen-bond acceptors (Lipinski definition) is 4. The van der Waals surface area contributed by atoms with Crippen LogP contribution in [0, 0.1) is 11.8 Å². The van der Waals surface area contributed by atoms with Crippen molar-refractivity contribution in [1.82, 2.24) is 0 Å². The summed E-state index contributed by atoms with van der Waals surface area (Å²) in [6.45, 7) is 3.07. The van der Waals surface area contributed by atoms with Crippen molar-refractivity contribution in [2.24, 2.45) is 11.8 Å². The van der Waals surface area contributed by atoms with Crippen LogP contribution >= 0.6 is 0 Å². The van der Waals surface area contributed by atoms with Gasteiger partial charge < -0.3 is 10.1 Å². The number of amides is 1. The molecule has 0 saturated heterocycles. The highest BCUT2D eigenvalue weighted by molar-refractivity contribution is 6.04. The number of hydrogen-bond donors (Lipinski definition) is 1. The Morgan fingerprint density at radius 1 is 1.30 bits per heavy atom. The molecule has 1 aliphatic rings. The third-order valence-electron chi connectivity index (χ3n) is 3.34. The van der Waals surface area contributed by atoms with Gasteiger partial charge in [-0.15, -0.1) is 0 Å². The first-order valence-electron chi connectivity index (χ1n) is 6.55. The van der Waals surface area contributed by atoms with Crippen molar-refractivity contribution in [2.45, 2.75) is 20.3 Å². The summed E-state index contributed by atoms with van der Waals surface area (Å²) in [6.07, 6.45) is 0.827. The number of carbonyl (C=O) groups is 3. The molecule has 20 heavy (non-hydrogen) atoms. The van der Waals surface area contributed by atoms with Crippen molar-refractivity contribution in [3.63, 3.8) is 0 Å². The van der Waals surface area contributed by atoms with Crippen molar-refractivity contribution in [1.29, 1.82) is 0 Å². The Bertz CT molecular complexity index is 553. The fourth-order valence-electron chi connectivity index (χ4n) is 1.98. The molecule has 0 aliphatic heterocycles. The lowest BCUT2D eigenvalue weighted by Gasteiger charge is -2.09. The van der Waals surface area contributed by atoms with E-state index >= 15 is 0 Å². The maximum absolute atomic E-state index is 11.7. The van der Waals surface area contributed by atoms with Gasteiger partial charge in [-0.1, -0.05) is 19.1 Å². The number of anilines is 1. The van der Waals surface area contributed by atoms with Crippen LogP contribution in [0.5, 0.6) is 0 Å². The zero-order valence-corrected chi connectivity index (χ0v) is 11.5. The van der Waals surface area contributed by atoms with Gasteiger partial charge in [-0.05, 0) is 31.4 Å². The Kier molecular flexibility index (Phi) is 4.17. The van der Waals surface area contributed by atoms with Gasteiger partial charge in [0.05, 0.1) is 11.6 Å². The Hall–Kier alpha value is -2.17. The van der Waals surface area contributed by atoms with Crippen molar-refractivity contribution in [3.05, 3.63) is 29.8 Å². The Morgan fingerprint density at radius 3 is 2.55 bits per heavy atom. The predicted molar refractivity (Wildman–Crippen MR) is 73.3 cm³/mol. The Balaban J connectivity index is 1.88. The Labute approximate surface area is 117 Å². The van der Waals surface area contributed by atoms with E-state index in [1.54, 1.807) is 24.3 Å². The molecule has 1 N–H and O–H groups in total. The fraction of sp³-hybridized carbons (Fsp3) is 0.400. The zero-order valence-electron chi connectivity index (χ0n) is 11.5. The molecule has 0 unspecified atom stereocenters. The van der Waals surface area contributed by atoms with Gasteiger partial charge in [-0.2, -0.15) is 0 Å². The van der Waals surface area contributed by atoms with E-state index in [9.17, 15) is 14.4 Å². The normalized spacial score (nSPS) is 20.1. The van der Waals surface area contributed by atoms with Crippen molar-refractivity contribution < 1.29 is 19.1 Å². The average Bonchev–Trinajstić information content (AvgIpc) is 3.13. The Morgan fingerprint density at radius 2 is 1.95 bits per heavy atom. The van der Waals surface area contributed by atoms with Crippen LogP contribution in [0.1, 0.15) is 30.6 Å². The van der Waals surface area contributed by atoms with Gasteiger partial charge >= 0.3 is 5.97 Å². The van der Waals surface area contributed by atoms with Gasteiger partial charge in [0.15, 0.2) is 12.4 Å². The minimum absolute atomic E-state index is 0.0627. The second-order valence-corrected chi connectivity index (χ2v) is 5.08. The molecule has 106 valence electrons. The number of para-hydroxylation sites is 1. The summed E-state index contributed by atoms with van der Waals surface area (Å²) < 4.78 is 4.93. The third kappa shape index (κ3) is 3.44. The minimum Gasteiger partial charge on any atom is -0.455 e. The molecule has 1 aromatic carbocycles. The number of ketones is 1. The number of esters is 1. The molecule has 0 aromatic heterocycles. The minimum atomic E-state index is -0.444. The van der Waals surface area contributed by atoms with Crippen molar-refractivity contribution in [3.8, 4) is 0 Å². The summed E-state index contributed by atoms with van der Waals surface area (Å²) in [5, 5.41) is 2.58. The van der Waals surface area contributed by atoms with Gasteiger partial charge in [-0.25, -0.2) is 0 Å². The lowest BCUT2D eigenvalue weighted by Crippen LogP contribution is -2.22. The van der Waals surface area contributed by atoms with Crippen LogP contribution in [0.15, 0.2) is 24.3 Å². The molecule has 2 rings (SSSR count). The standard InChI is InChI=1S/C15H17NO4/c1-9-7-12(9)15(19)20-8-14(18)16-13-6-4-3-5-11(13)10(2)17/h3-6,9,12H,7-8H2,1-2H3,(H,16,18)/t9-,12+/m1/s1. The molecule has 5 nitrogen and oxygen atoms in total. The van der Waals surface area contributed by atoms with Crippen molar-refractivity contribution in [2.75, 3.05) is 11.9 Å². The summed E-state index contributed by atoms with van der Waals surface area (Å²) in [7, 11) is 0. The van der Waals surface area contributed by atoms with E-state index in [-0.39, 0.29) is 24.3 Å². The van der Waals surface area contributed by atoms with Gasteiger partial charge in [0.1, 0.15) is 0 Å². The fourth-order valence-corrected chi connectivity index (χ4v) is 1.98. The monoisotopic (exact) mass is 275 g/mol. The molecule has 0 heterocycles. The molecule has 1 aliphatic carbocycles. The maximum atomic E-state index is 11.7. The summed E-state index contributed by atoms with van der Waals surface area (Å²) in [6, 6.07) is 6.72. The van der Waals surface area contributed by atoms with E-state index in [2.05, 4.69) is 5.32 Å². The van der Waals surface area contributed by atoms with Crippen LogP contribution in [-0.2, 0) is 14.3 Å². The van der Waals surface area contributed by atoms with Gasteiger partial charge in [0.25, 0.3) is 5.91 Å². The molecule has 5 heteroatoms. The molecule has 2 atom stereocenters. The average molecular weight is 275 g/mol. The number of carbonyl (C=O) groups excluding carboxylic acids is 3. The first kappa shape index (κ1) is 14.2. The molecule has 1 fully saturated rings. The summed E-state index contributed by atoms with van der Waals surface area (Å²) >= 11 is 0. The van der Waals surface area contributed by atoms with E-state index < -0.39 is 5.91 Å². The molecule has 1 amide bonds. The van der Waals surface area contributed by atoms with Crippen LogP contribution < -0.4 is 5.32 Å². The van der Waals surface area contributed by atoms with Crippen molar-refractivity contribution >= 4 is 23.3 Å². The van der Waals surface area contributed by atoms with Crippen LogP contribution in [0.2, 0.25) is 0 Å². The van der Waals surface area contributed by atoms with Gasteiger partial charge in [0, 0.05) is 5.56 Å². The van der Waals surface area contributed by atoms with Crippen LogP contribution in [0.4, 0.5) is 5.69 Å². The second kappa shape index (κ2) is 5.86. The molecular formula is C15H17NO4. The highest BCUT2D eigenvalue weighted by Gasteiger charge is 2.40. The second-order valence-electron chi connectivity index (χ2n) is 5.08. The van der Waals surface area contributed by atoms with E-state index in [1.807, 2.05) is 6.92 Å². The molecule has 0 bridgehead atoms. The summed E-state index contributed by atoms with van der Waals surface area (Å²) in [5.41, 5.74) is 0.865. The molecular weight excluding hydrogens is 258 g/mol. The lowest BCUT2D eigenvalue weighted by molar-refractivity contribution is -0.148. The number of ether oxygens (including phenoxy) is 1. The predicted octanol–water partition coefficient (Wildman–Crippen LogP) is 2.03. The summed E-state index contributed by atoms with van der Waals surface area (Å²) in [4.78, 5) is 34.6. The van der Waals surface area contributed by atoms with Crippen LogP contribution in [-0.4, -0.2) is 24.3 Å². The molecule has 1 saturated carbocycles. The van der Waals surface area contributed by atoms with Crippen LogP contribution in [0.3, 0.4) is 0 Å². The zero-order chi connectivity index (χ0) is 14.7. The molecule has 0 radical (unpaired) electrons. The number of nitrogens with one attached hydrogen (secondary N) is 1. The number of benzene rings is 1. The van der Waals surface area contributed by atoms with Gasteiger partial charge in [-0.3, -0.25) is 14.4 Å². The SMILES string of the molecule is CC(=O)c1ccccc1NC(=O)COC(=O)[C@H]1C[C@H]1C. The largest absolute Gasteiger partial charge is 0.455 e. The van der Waals surface area contributed by atoms with Gasteiger partial charge in [0.2, 0.25) is 0 Å². The lowest BCUT2D eigenvalue weighted by atomic mass is 10.1. The quantitative estimate of drug-likeness (QED) is 0.659. The van der Waals surface area contributed by atoms with E-state index in [1.165, 1.54) is 6.92 Å². The highest BCUT2D eigenvalue weighted by Crippen LogP contribution is 2.38. The topological polar surface area (TPSA) is 72.5 Å². The highest BCUT2D eigenvalue weighted by atomic mass is 16.5. The maximum Gasteiger partial charge on any atom is 0.309 e. The molecule has 0 spiro atoms. The summed E-state index contributed by atoms with van der Waals surface area (Å²) in [5.74, 6) is -0.617. The first-order valence-corrected chi connectivity index (χ1v) is 6.55. The van der Waals surface area contributed by atoms with E-state index in [4.69, 9.17) is 4.74 Å². The van der Waals surface area contributed by atoms with Crippen LogP contribution in [0.25, 0.3) is 0 Å². The number of rotatable bonds is 5. The molecule has 1 aromatic rings. The number of Topliss-reactive ketones (excluding diaryl/α,β-unsaturated/α-hetero) is 1. The van der Waals surface area contributed by atoms with E-state index in [0.717, 1.165) is 6.42 Å². The third-order valence-corrected chi connectivity index (χ3v) is 3.34. The van der Waals surface area contributed by atoms with E-state index in [0.29, 0.717) is 17.2 Å².